The quantitative estimate of drug-likeness (QED) is 0.510. The average Bonchev–Trinajstić information content (AvgIpc) is 2.64. The maximum Gasteiger partial charge on any atom is 0.326 e. The van der Waals surface area contributed by atoms with Gasteiger partial charge < -0.3 is 10.4 Å². The SMILES string of the molecule is CC(C)(C)C1([C@H](NC(=O)c2ccc(S(C)(=O)=O)cc2[N+](=O)[O-])C(=O)O)CCCCC1. The van der Waals surface area contributed by atoms with Crippen molar-refractivity contribution >= 4 is 27.4 Å². The molecule has 1 aliphatic carbocycles. The van der Waals surface area contributed by atoms with Crippen LogP contribution < -0.4 is 5.32 Å². The zero-order chi connectivity index (χ0) is 22.9. The molecular formula is C20H28N2O7S. The maximum absolute atomic E-state index is 12.9. The molecule has 0 radical (unpaired) electrons. The van der Waals surface area contributed by atoms with Gasteiger partial charge in [0.15, 0.2) is 9.84 Å². The minimum absolute atomic E-state index is 0.293. The Hall–Kier alpha value is -2.49. The third kappa shape index (κ3) is 4.63. The van der Waals surface area contributed by atoms with Crippen molar-refractivity contribution in [3.63, 3.8) is 0 Å². The molecule has 1 amide bonds. The first-order chi connectivity index (χ1) is 13.7. The van der Waals surface area contributed by atoms with Gasteiger partial charge in [0.1, 0.15) is 11.6 Å². The number of sulfone groups is 1. The molecule has 9 nitrogen and oxygen atoms in total. The summed E-state index contributed by atoms with van der Waals surface area (Å²) >= 11 is 0. The number of aliphatic carboxylic acids is 1. The van der Waals surface area contributed by atoms with Crippen molar-refractivity contribution in [3.05, 3.63) is 33.9 Å². The fraction of sp³-hybridized carbons (Fsp3) is 0.600. The van der Waals surface area contributed by atoms with Gasteiger partial charge in [-0.1, -0.05) is 40.0 Å². The number of benzene rings is 1. The summed E-state index contributed by atoms with van der Waals surface area (Å²) < 4.78 is 23.4. The third-order valence-electron chi connectivity index (χ3n) is 6.15. The van der Waals surface area contributed by atoms with Crippen molar-refractivity contribution in [2.45, 2.75) is 63.8 Å². The minimum Gasteiger partial charge on any atom is -0.480 e. The summed E-state index contributed by atoms with van der Waals surface area (Å²) in [6.07, 6.45) is 4.78. The van der Waals surface area contributed by atoms with E-state index in [4.69, 9.17) is 0 Å². The molecule has 0 heterocycles. The van der Waals surface area contributed by atoms with Crippen molar-refractivity contribution in [2.24, 2.45) is 10.8 Å². The number of carbonyl (C=O) groups is 2. The highest BCUT2D eigenvalue weighted by atomic mass is 32.2. The largest absolute Gasteiger partial charge is 0.480 e. The number of carboxylic acid groups (broad SMARTS) is 1. The van der Waals surface area contributed by atoms with Crippen molar-refractivity contribution in [3.8, 4) is 0 Å². The lowest BCUT2D eigenvalue weighted by atomic mass is 9.55. The van der Waals surface area contributed by atoms with E-state index in [9.17, 15) is 33.2 Å². The Labute approximate surface area is 175 Å². The Morgan fingerprint density at radius 3 is 2.20 bits per heavy atom. The Bertz CT molecular complexity index is 958. The number of hydrogen-bond acceptors (Lipinski definition) is 6. The van der Waals surface area contributed by atoms with Crippen LogP contribution in [0.5, 0.6) is 0 Å². The summed E-state index contributed by atoms with van der Waals surface area (Å²) in [6.45, 7) is 5.80. The van der Waals surface area contributed by atoms with E-state index in [0.717, 1.165) is 43.7 Å². The first-order valence-electron chi connectivity index (χ1n) is 9.73. The molecule has 30 heavy (non-hydrogen) atoms. The number of nitrogens with zero attached hydrogens (tertiary/aromatic N) is 1. The Balaban J connectivity index is 2.49. The molecule has 1 fully saturated rings. The van der Waals surface area contributed by atoms with Crippen LogP contribution in [-0.4, -0.2) is 42.6 Å². The second-order valence-electron chi connectivity index (χ2n) is 8.92. The highest BCUT2D eigenvalue weighted by molar-refractivity contribution is 7.90. The lowest BCUT2D eigenvalue weighted by molar-refractivity contribution is -0.385. The number of carbonyl (C=O) groups excluding carboxylic acids is 1. The van der Waals surface area contributed by atoms with Crippen LogP contribution >= 0.6 is 0 Å². The zero-order valence-corrected chi connectivity index (χ0v) is 18.4. The van der Waals surface area contributed by atoms with Crippen molar-refractivity contribution in [1.29, 1.82) is 0 Å². The molecule has 0 aliphatic heterocycles. The van der Waals surface area contributed by atoms with E-state index >= 15 is 0 Å². The van der Waals surface area contributed by atoms with Gasteiger partial charge >= 0.3 is 5.97 Å². The lowest BCUT2D eigenvalue weighted by Gasteiger charge is -2.51. The number of carboxylic acids is 1. The fourth-order valence-corrected chi connectivity index (χ4v) is 5.03. The van der Waals surface area contributed by atoms with E-state index in [2.05, 4.69) is 5.32 Å². The van der Waals surface area contributed by atoms with Gasteiger partial charge in [-0.25, -0.2) is 13.2 Å². The first kappa shape index (κ1) is 23.8. The monoisotopic (exact) mass is 440 g/mol. The Morgan fingerprint density at radius 1 is 1.20 bits per heavy atom. The normalized spacial score (nSPS) is 17.7. The smallest absolute Gasteiger partial charge is 0.326 e. The van der Waals surface area contributed by atoms with Crippen LogP contribution in [0, 0.1) is 20.9 Å². The van der Waals surface area contributed by atoms with Crippen LogP contribution in [0.4, 0.5) is 5.69 Å². The van der Waals surface area contributed by atoms with Gasteiger partial charge in [0.2, 0.25) is 0 Å². The molecule has 0 unspecified atom stereocenters. The fourth-order valence-electron chi connectivity index (χ4n) is 4.38. The second kappa shape index (κ2) is 8.33. The maximum atomic E-state index is 12.9. The molecule has 1 aromatic carbocycles. The lowest BCUT2D eigenvalue weighted by Crippen LogP contribution is -2.58. The van der Waals surface area contributed by atoms with Gasteiger partial charge in [-0.3, -0.25) is 14.9 Å². The molecule has 10 heteroatoms. The van der Waals surface area contributed by atoms with Crippen LogP contribution in [0.1, 0.15) is 63.2 Å². The van der Waals surface area contributed by atoms with Gasteiger partial charge in [0, 0.05) is 17.7 Å². The van der Waals surface area contributed by atoms with E-state index < -0.39 is 49.2 Å². The molecule has 0 bridgehead atoms. The molecule has 0 spiro atoms. The second-order valence-corrected chi connectivity index (χ2v) is 10.9. The number of nitro benzene ring substituents is 1. The van der Waals surface area contributed by atoms with E-state index in [0.29, 0.717) is 12.8 Å². The number of nitro groups is 1. The van der Waals surface area contributed by atoms with Gasteiger partial charge in [-0.05, 0) is 30.4 Å². The van der Waals surface area contributed by atoms with Gasteiger partial charge in [0.25, 0.3) is 11.6 Å². The summed E-state index contributed by atoms with van der Waals surface area (Å²) in [4.78, 5) is 35.4. The number of rotatable bonds is 6. The standard InChI is InChI=1S/C20H28N2O7S/c1-19(2,3)20(10-6-5-7-11-20)16(18(24)25)21-17(23)14-9-8-13(30(4,28)29)12-15(14)22(26)27/h8-9,12,16H,5-7,10-11H2,1-4H3,(H,21,23)(H,24,25)/t16-/m1/s1. The van der Waals surface area contributed by atoms with Crippen LogP contribution in [0.2, 0.25) is 0 Å². The summed E-state index contributed by atoms with van der Waals surface area (Å²) in [5, 5.41) is 23.9. The molecule has 166 valence electrons. The molecule has 1 saturated carbocycles. The Morgan fingerprint density at radius 2 is 1.77 bits per heavy atom. The van der Waals surface area contributed by atoms with E-state index in [1.165, 1.54) is 0 Å². The van der Waals surface area contributed by atoms with Gasteiger partial charge in [-0.2, -0.15) is 0 Å². The first-order valence-corrected chi connectivity index (χ1v) is 11.6. The van der Waals surface area contributed by atoms with Crippen molar-refractivity contribution in [1.82, 2.24) is 5.32 Å². The van der Waals surface area contributed by atoms with Crippen LogP contribution in [0.15, 0.2) is 23.1 Å². The predicted octanol–water partition coefficient (Wildman–Crippen LogP) is 3.18. The highest BCUT2D eigenvalue weighted by Gasteiger charge is 2.52. The van der Waals surface area contributed by atoms with Crippen molar-refractivity contribution in [2.75, 3.05) is 6.26 Å². The van der Waals surface area contributed by atoms with Crippen molar-refractivity contribution < 1.29 is 28.0 Å². The third-order valence-corrected chi connectivity index (χ3v) is 7.26. The molecular weight excluding hydrogens is 412 g/mol. The molecule has 1 aromatic rings. The molecule has 0 saturated heterocycles. The molecule has 2 rings (SSSR count). The van der Waals surface area contributed by atoms with Gasteiger partial charge in [-0.15, -0.1) is 0 Å². The van der Waals surface area contributed by atoms with Gasteiger partial charge in [0.05, 0.1) is 9.82 Å². The van der Waals surface area contributed by atoms with E-state index in [-0.39, 0.29) is 10.5 Å². The number of amides is 1. The summed E-state index contributed by atoms with van der Waals surface area (Å²) in [5.41, 5.74) is -2.21. The number of hydrogen-bond donors (Lipinski definition) is 2. The molecule has 1 atom stereocenters. The highest BCUT2D eigenvalue weighted by Crippen LogP contribution is 2.52. The molecule has 2 N–H and O–H groups in total. The van der Waals surface area contributed by atoms with Crippen LogP contribution in [-0.2, 0) is 14.6 Å². The van der Waals surface area contributed by atoms with E-state index in [1.807, 2.05) is 20.8 Å². The predicted molar refractivity (Wildman–Crippen MR) is 110 cm³/mol. The zero-order valence-electron chi connectivity index (χ0n) is 17.6. The average molecular weight is 441 g/mol. The molecule has 1 aliphatic rings. The number of nitrogens with one attached hydrogen (secondary N) is 1. The summed E-state index contributed by atoms with van der Waals surface area (Å²) in [7, 11) is -3.71. The molecule has 0 aromatic heterocycles. The topological polar surface area (TPSA) is 144 Å². The minimum atomic E-state index is -3.71. The Kier molecular flexibility index (Phi) is 6.60. The van der Waals surface area contributed by atoms with Crippen LogP contribution in [0.25, 0.3) is 0 Å². The summed E-state index contributed by atoms with van der Waals surface area (Å²) in [5.74, 6) is -2.11. The summed E-state index contributed by atoms with van der Waals surface area (Å²) in [6, 6.07) is 1.74. The van der Waals surface area contributed by atoms with E-state index in [1.54, 1.807) is 0 Å². The van der Waals surface area contributed by atoms with Crippen LogP contribution in [0.3, 0.4) is 0 Å².